The second-order valence-electron chi connectivity index (χ2n) is 15.2. The maximum absolute atomic E-state index is 15.1. The van der Waals surface area contributed by atoms with Crippen molar-refractivity contribution in [2.45, 2.75) is 9.97 Å². The Morgan fingerprint density at radius 1 is 0.281 bits per heavy atom. The quantitative estimate of drug-likeness (QED) is 0.115. The Balaban J connectivity index is 1.53. The normalized spacial score (nSPS) is 16.8. The van der Waals surface area contributed by atoms with E-state index >= 15 is 13.2 Å². The van der Waals surface area contributed by atoms with Crippen LogP contribution in [0.3, 0.4) is 0 Å². The van der Waals surface area contributed by atoms with Gasteiger partial charge in [-0.25, -0.2) is 0 Å². The predicted molar refractivity (Wildman–Crippen MR) is 260 cm³/mol. The summed E-state index contributed by atoms with van der Waals surface area (Å²) in [6.45, 7) is 0. The van der Waals surface area contributed by atoms with E-state index in [-0.39, 0.29) is 10.8 Å². The van der Waals surface area contributed by atoms with Crippen LogP contribution in [0.25, 0.3) is 0 Å². The molecule has 1 aliphatic rings. The molecule has 320 valence electrons. The second-order valence-corrected chi connectivity index (χ2v) is 30.3. The van der Waals surface area contributed by atoms with Crippen molar-refractivity contribution in [3.63, 3.8) is 0 Å². The smallest absolute Gasteiger partial charge is 0.402 e. The average Bonchev–Trinajstić information content (AvgIpc) is 3.33. The topological polar surface area (TPSA) is 36.9 Å². The summed E-state index contributed by atoms with van der Waals surface area (Å²) in [5.41, 5.74) is -0.623. The zero-order chi connectivity index (χ0) is 44.5. The molecule has 0 bridgehead atoms. The Morgan fingerprint density at radius 2 is 0.500 bits per heavy atom. The lowest BCUT2D eigenvalue weighted by Crippen LogP contribution is -2.88. The Morgan fingerprint density at radius 3 is 0.750 bits per heavy atom. The van der Waals surface area contributed by atoms with Gasteiger partial charge >= 0.3 is 40.4 Å². The SMILES string of the molecule is FC(F)(F)c1cccc([Si]2(c3cccc(C(Cl)(Cl)Cl)c3)O[Si](c3ccccc3)(c3ccccc3)O[Si](c3ccccc3)(c3ccccc3)O[Si](c3ccccc3)(c3ccccc3)O2)c1. The van der Waals surface area contributed by atoms with Gasteiger partial charge in [-0.3, -0.25) is 0 Å². The van der Waals surface area contributed by atoms with Crippen LogP contribution in [-0.2, 0) is 26.4 Å². The van der Waals surface area contributed by atoms with Crippen LogP contribution in [0, 0.1) is 0 Å². The number of rotatable bonds is 8. The third-order valence-corrected chi connectivity index (χ3v) is 29.8. The maximum Gasteiger partial charge on any atom is 0.416 e. The van der Waals surface area contributed by atoms with E-state index in [1.165, 1.54) is 6.07 Å². The van der Waals surface area contributed by atoms with Crippen molar-refractivity contribution < 1.29 is 29.6 Å². The van der Waals surface area contributed by atoms with Gasteiger partial charge in [-0.1, -0.05) is 259 Å². The molecule has 0 amide bonds. The molecule has 64 heavy (non-hydrogen) atoms. The van der Waals surface area contributed by atoms with Crippen molar-refractivity contribution in [3.05, 3.63) is 242 Å². The van der Waals surface area contributed by atoms with Gasteiger partial charge in [0, 0.05) is 5.56 Å². The lowest BCUT2D eigenvalue weighted by atomic mass is 10.2. The Hall–Kier alpha value is -4.87. The summed E-state index contributed by atoms with van der Waals surface area (Å²) in [4.78, 5) is 0. The highest BCUT2D eigenvalue weighted by Gasteiger charge is 2.68. The molecule has 0 aliphatic carbocycles. The molecule has 1 fully saturated rings. The van der Waals surface area contributed by atoms with E-state index in [1.807, 2.05) is 182 Å². The van der Waals surface area contributed by atoms with Gasteiger partial charge in [0.1, 0.15) is 0 Å². The van der Waals surface area contributed by atoms with Crippen LogP contribution in [0.4, 0.5) is 13.2 Å². The molecular formula is C50H38Cl3F3O4Si4. The monoisotopic (exact) mass is 976 g/mol. The molecular weight excluding hydrogens is 940 g/mol. The first-order chi connectivity index (χ1) is 30.9. The molecule has 8 aromatic rings. The highest BCUT2D eigenvalue weighted by Crippen LogP contribution is 2.39. The first kappa shape index (κ1) is 44.3. The van der Waals surface area contributed by atoms with E-state index in [0.29, 0.717) is 25.9 Å². The van der Waals surface area contributed by atoms with Crippen molar-refractivity contribution in [2.75, 3.05) is 0 Å². The van der Waals surface area contributed by atoms with Crippen molar-refractivity contribution >= 4 is 111 Å². The molecule has 0 N–H and O–H groups in total. The summed E-state index contributed by atoms with van der Waals surface area (Å²) in [5, 5.41) is 4.76. The first-order valence-corrected chi connectivity index (χ1v) is 28.8. The molecule has 8 aromatic carbocycles. The van der Waals surface area contributed by atoms with Crippen LogP contribution in [0.5, 0.6) is 0 Å². The molecule has 0 spiro atoms. The molecule has 0 atom stereocenters. The zero-order valence-corrected chi connectivity index (χ0v) is 40.1. The van der Waals surface area contributed by atoms with E-state index < -0.39 is 49.8 Å². The summed E-state index contributed by atoms with van der Waals surface area (Å²) in [6, 6.07) is 70.0. The minimum absolute atomic E-state index is 0.150. The van der Waals surface area contributed by atoms with Crippen LogP contribution in [0.15, 0.2) is 231 Å². The number of alkyl halides is 6. The molecule has 0 saturated carbocycles. The lowest BCUT2D eigenvalue weighted by molar-refractivity contribution is -0.137. The van der Waals surface area contributed by atoms with Gasteiger partial charge in [-0.05, 0) is 47.6 Å². The first-order valence-electron chi connectivity index (χ1n) is 20.4. The minimum Gasteiger partial charge on any atom is -0.402 e. The summed E-state index contributed by atoms with van der Waals surface area (Å²) >= 11 is 20.0. The van der Waals surface area contributed by atoms with Crippen LogP contribution < -0.4 is 41.5 Å². The zero-order valence-electron chi connectivity index (χ0n) is 33.8. The number of hydrogen-bond acceptors (Lipinski definition) is 4. The number of benzene rings is 8. The summed E-state index contributed by atoms with van der Waals surface area (Å²) in [7, 11) is -17.8. The van der Waals surface area contributed by atoms with Crippen LogP contribution in [-0.4, -0.2) is 34.2 Å². The second kappa shape index (κ2) is 17.8. The third-order valence-electron chi connectivity index (χ3n) is 11.2. The van der Waals surface area contributed by atoms with E-state index in [4.69, 9.17) is 51.3 Å². The Kier molecular flexibility index (Phi) is 12.4. The van der Waals surface area contributed by atoms with Crippen LogP contribution in [0.1, 0.15) is 11.1 Å². The Bertz CT molecular complexity index is 2560. The molecule has 9 rings (SSSR count). The van der Waals surface area contributed by atoms with Gasteiger partial charge in [0.15, 0.2) is 0 Å². The van der Waals surface area contributed by atoms with E-state index in [0.717, 1.165) is 22.5 Å². The van der Waals surface area contributed by atoms with Crippen LogP contribution >= 0.6 is 34.8 Å². The molecule has 1 heterocycles. The van der Waals surface area contributed by atoms with Gasteiger partial charge in [0.2, 0.25) is 3.79 Å². The molecule has 4 nitrogen and oxygen atoms in total. The van der Waals surface area contributed by atoms with Gasteiger partial charge in [0.05, 0.1) is 5.56 Å². The lowest BCUT2D eigenvalue weighted by Gasteiger charge is -2.53. The number of halogens is 6. The fraction of sp³-hybridized carbons (Fsp3) is 0.0400. The largest absolute Gasteiger partial charge is 0.416 e. The van der Waals surface area contributed by atoms with Crippen LogP contribution in [0.2, 0.25) is 0 Å². The third kappa shape index (κ3) is 8.31. The van der Waals surface area contributed by atoms with Gasteiger partial charge in [0.25, 0.3) is 0 Å². The predicted octanol–water partition coefficient (Wildman–Crippen LogP) is 7.94. The summed E-state index contributed by atoms with van der Waals surface area (Å²) < 4.78 is 76.6. The van der Waals surface area contributed by atoms with E-state index in [1.54, 1.807) is 30.3 Å². The van der Waals surface area contributed by atoms with Gasteiger partial charge < -0.3 is 16.5 Å². The molecule has 0 unspecified atom stereocenters. The average molecular weight is 979 g/mol. The van der Waals surface area contributed by atoms with Gasteiger partial charge in [-0.15, -0.1) is 0 Å². The summed E-state index contributed by atoms with van der Waals surface area (Å²) in [5.74, 6) is 0. The van der Waals surface area contributed by atoms with E-state index in [2.05, 4.69) is 0 Å². The van der Waals surface area contributed by atoms with E-state index in [9.17, 15) is 0 Å². The fourth-order valence-electron chi connectivity index (χ4n) is 8.25. The van der Waals surface area contributed by atoms with Crippen molar-refractivity contribution in [3.8, 4) is 0 Å². The van der Waals surface area contributed by atoms with Crippen molar-refractivity contribution in [2.24, 2.45) is 0 Å². The highest BCUT2D eigenvalue weighted by molar-refractivity contribution is 7.16. The standard InChI is InChI=1S/C50H38Cl3F3O4Si4/c51-49(52,53)39-21-19-35-47(37-39)64(48-36-20-22-40(38-48)50(54,55)56)59-62(43-27-11-3-12-28-43,44-29-13-4-14-30-44)57-61(41-23-7-1-8-24-41,42-25-9-2-10-26-42)58-63(60-64,45-31-15-5-16-32-45)46-33-17-6-18-34-46/h1-38H. The number of hydrogen-bond donors (Lipinski definition) is 0. The summed E-state index contributed by atoms with van der Waals surface area (Å²) in [6.07, 6.45) is -4.73. The maximum atomic E-state index is 15.1. The van der Waals surface area contributed by atoms with Crippen molar-refractivity contribution in [1.82, 2.24) is 0 Å². The Labute approximate surface area is 389 Å². The fourth-order valence-corrected chi connectivity index (χ4v) is 31.2. The molecule has 0 aromatic heterocycles. The molecule has 1 aliphatic heterocycles. The van der Waals surface area contributed by atoms with Gasteiger partial charge in [-0.2, -0.15) is 13.2 Å². The van der Waals surface area contributed by atoms with Crippen molar-refractivity contribution in [1.29, 1.82) is 0 Å². The highest BCUT2D eigenvalue weighted by atomic mass is 35.6. The minimum atomic E-state index is -4.78. The molecule has 1 saturated heterocycles. The molecule has 0 radical (unpaired) electrons. The molecule has 14 heteroatoms.